The number of hydrogen-bond donors (Lipinski definition) is 2. The molecule has 0 aliphatic carbocycles. The number of nitrogens with zero attached hydrogens (tertiary/aromatic N) is 3. The molecule has 1 aromatic rings. The molecular formula is C21H37FIN5. The molecule has 1 heterocycles. The van der Waals surface area contributed by atoms with Gasteiger partial charge in [0.25, 0.3) is 0 Å². The van der Waals surface area contributed by atoms with Crippen molar-refractivity contribution >= 4 is 29.9 Å². The molecule has 1 saturated heterocycles. The fourth-order valence-corrected chi connectivity index (χ4v) is 3.35. The van der Waals surface area contributed by atoms with Crippen molar-refractivity contribution in [1.82, 2.24) is 20.4 Å². The summed E-state index contributed by atoms with van der Waals surface area (Å²) in [7, 11) is 0. The molecule has 1 unspecified atom stereocenters. The van der Waals surface area contributed by atoms with Gasteiger partial charge >= 0.3 is 0 Å². The summed E-state index contributed by atoms with van der Waals surface area (Å²) < 4.78 is 13.0. The largest absolute Gasteiger partial charge is 0.357 e. The predicted octanol–water partition coefficient (Wildman–Crippen LogP) is 2.81. The molecule has 0 spiro atoms. The van der Waals surface area contributed by atoms with Gasteiger partial charge in [-0.1, -0.05) is 26.0 Å². The Hall–Kier alpha value is -0.930. The Morgan fingerprint density at radius 1 is 1.07 bits per heavy atom. The minimum atomic E-state index is -0.188. The maximum absolute atomic E-state index is 13.0. The van der Waals surface area contributed by atoms with Crippen molar-refractivity contribution in [2.24, 2.45) is 10.9 Å². The number of aliphatic imine (C=N–C) groups is 1. The van der Waals surface area contributed by atoms with Gasteiger partial charge in [-0.25, -0.2) is 4.39 Å². The van der Waals surface area contributed by atoms with E-state index in [1.54, 1.807) is 0 Å². The van der Waals surface area contributed by atoms with Gasteiger partial charge in [-0.3, -0.25) is 4.99 Å². The summed E-state index contributed by atoms with van der Waals surface area (Å²) in [6.45, 7) is 16.0. The number of rotatable bonds is 9. The molecule has 5 nitrogen and oxygen atoms in total. The molecule has 0 aromatic heterocycles. The van der Waals surface area contributed by atoms with Crippen LogP contribution in [0.4, 0.5) is 4.39 Å². The van der Waals surface area contributed by atoms with Gasteiger partial charge in [-0.15, -0.1) is 24.0 Å². The Morgan fingerprint density at radius 2 is 1.71 bits per heavy atom. The van der Waals surface area contributed by atoms with Crippen LogP contribution in [0, 0.1) is 11.7 Å². The van der Waals surface area contributed by atoms with Crippen molar-refractivity contribution in [2.75, 3.05) is 58.9 Å². The third-order valence-corrected chi connectivity index (χ3v) is 5.01. The molecular weight excluding hydrogens is 468 g/mol. The summed E-state index contributed by atoms with van der Waals surface area (Å²) >= 11 is 0. The highest BCUT2D eigenvalue weighted by atomic mass is 127. The Bertz CT molecular complexity index is 558. The molecule has 160 valence electrons. The van der Waals surface area contributed by atoms with E-state index in [0.717, 1.165) is 63.8 Å². The topological polar surface area (TPSA) is 42.9 Å². The van der Waals surface area contributed by atoms with E-state index in [1.807, 2.05) is 12.1 Å². The lowest BCUT2D eigenvalue weighted by atomic mass is 10.1. The van der Waals surface area contributed by atoms with Crippen LogP contribution in [-0.2, 0) is 6.42 Å². The molecule has 0 radical (unpaired) electrons. The van der Waals surface area contributed by atoms with Crippen LogP contribution < -0.4 is 10.6 Å². The lowest BCUT2D eigenvalue weighted by molar-refractivity contribution is 0.125. The molecule has 2 rings (SSSR count). The number of guanidine groups is 1. The van der Waals surface area contributed by atoms with Crippen molar-refractivity contribution in [1.29, 1.82) is 0 Å². The molecule has 1 aliphatic rings. The van der Waals surface area contributed by atoms with Crippen LogP contribution in [-0.4, -0.2) is 74.7 Å². The summed E-state index contributed by atoms with van der Waals surface area (Å²) in [5.41, 5.74) is 1.12. The van der Waals surface area contributed by atoms with Crippen LogP contribution >= 0.6 is 24.0 Å². The van der Waals surface area contributed by atoms with Gasteiger partial charge in [-0.2, -0.15) is 0 Å². The van der Waals surface area contributed by atoms with Crippen LogP contribution in [0.5, 0.6) is 0 Å². The van der Waals surface area contributed by atoms with Gasteiger partial charge in [0.1, 0.15) is 5.82 Å². The van der Waals surface area contributed by atoms with Gasteiger partial charge in [0.05, 0.1) is 0 Å². The zero-order chi connectivity index (χ0) is 19.5. The van der Waals surface area contributed by atoms with Gasteiger partial charge in [-0.05, 0) is 43.5 Å². The predicted molar refractivity (Wildman–Crippen MR) is 127 cm³/mol. The standard InChI is InChI=1S/C21H36FN5.HI/c1-4-23-21(24-11-10-19-6-8-20(22)9-7-19)25-16-18(3)17-27-14-12-26(5-2)13-15-27;/h6-9,18H,4-5,10-17H2,1-3H3,(H2,23,24,25);1H. The van der Waals surface area contributed by atoms with Crippen LogP contribution in [0.15, 0.2) is 29.3 Å². The first-order valence-electron chi connectivity index (χ1n) is 10.3. The SMILES string of the molecule is CCNC(=NCC(C)CN1CCN(CC)CC1)NCCc1ccc(F)cc1.I. The quantitative estimate of drug-likeness (QED) is 0.308. The van der Waals surface area contributed by atoms with Crippen LogP contribution in [0.1, 0.15) is 26.3 Å². The number of piperazine rings is 1. The van der Waals surface area contributed by atoms with Crippen molar-refractivity contribution in [3.05, 3.63) is 35.6 Å². The van der Waals surface area contributed by atoms with E-state index in [9.17, 15) is 4.39 Å². The first kappa shape index (κ1) is 25.1. The summed E-state index contributed by atoms with van der Waals surface area (Å²) in [6, 6.07) is 6.69. The summed E-state index contributed by atoms with van der Waals surface area (Å²) in [6.07, 6.45) is 0.849. The zero-order valence-electron chi connectivity index (χ0n) is 17.6. The first-order valence-corrected chi connectivity index (χ1v) is 10.3. The number of hydrogen-bond acceptors (Lipinski definition) is 3. The van der Waals surface area contributed by atoms with E-state index in [2.05, 4.69) is 41.2 Å². The smallest absolute Gasteiger partial charge is 0.191 e. The fraction of sp³-hybridized carbons (Fsp3) is 0.667. The van der Waals surface area contributed by atoms with Gasteiger partial charge in [0, 0.05) is 52.4 Å². The number of benzene rings is 1. The molecule has 1 aliphatic heterocycles. The molecule has 0 saturated carbocycles. The summed E-state index contributed by atoms with van der Waals surface area (Å²) in [5, 5.41) is 6.69. The van der Waals surface area contributed by atoms with Crippen LogP contribution in [0.25, 0.3) is 0 Å². The lowest BCUT2D eigenvalue weighted by Gasteiger charge is -2.35. The fourth-order valence-electron chi connectivity index (χ4n) is 3.35. The molecule has 0 bridgehead atoms. The average molecular weight is 505 g/mol. The van der Waals surface area contributed by atoms with Crippen molar-refractivity contribution in [2.45, 2.75) is 27.2 Å². The number of nitrogens with one attached hydrogen (secondary N) is 2. The summed E-state index contributed by atoms with van der Waals surface area (Å²) in [4.78, 5) is 9.82. The summed E-state index contributed by atoms with van der Waals surface area (Å²) in [5.74, 6) is 1.21. The van der Waals surface area contributed by atoms with Gasteiger partial charge < -0.3 is 20.4 Å². The Balaban J connectivity index is 0.00000392. The van der Waals surface area contributed by atoms with Crippen LogP contribution in [0.2, 0.25) is 0 Å². The van der Waals surface area contributed by atoms with Crippen LogP contribution in [0.3, 0.4) is 0 Å². The number of likely N-dealkylation sites (N-methyl/N-ethyl adjacent to an activating group) is 1. The third kappa shape index (κ3) is 9.52. The van der Waals surface area contributed by atoms with Gasteiger partial charge in [0.15, 0.2) is 5.96 Å². The zero-order valence-corrected chi connectivity index (χ0v) is 19.9. The van der Waals surface area contributed by atoms with E-state index >= 15 is 0 Å². The third-order valence-electron chi connectivity index (χ3n) is 5.01. The van der Waals surface area contributed by atoms with Crippen molar-refractivity contribution in [3.63, 3.8) is 0 Å². The highest BCUT2D eigenvalue weighted by Crippen LogP contribution is 2.06. The van der Waals surface area contributed by atoms with E-state index in [0.29, 0.717) is 5.92 Å². The number of halogens is 2. The molecule has 28 heavy (non-hydrogen) atoms. The van der Waals surface area contributed by atoms with Crippen molar-refractivity contribution < 1.29 is 4.39 Å². The molecule has 1 aromatic carbocycles. The lowest BCUT2D eigenvalue weighted by Crippen LogP contribution is -2.47. The molecule has 2 N–H and O–H groups in total. The van der Waals surface area contributed by atoms with E-state index in [-0.39, 0.29) is 29.8 Å². The maximum Gasteiger partial charge on any atom is 0.191 e. The normalized spacial score (nSPS) is 17.1. The highest BCUT2D eigenvalue weighted by Gasteiger charge is 2.17. The molecule has 0 amide bonds. The highest BCUT2D eigenvalue weighted by molar-refractivity contribution is 14.0. The maximum atomic E-state index is 13.0. The minimum Gasteiger partial charge on any atom is -0.357 e. The molecule has 7 heteroatoms. The van der Waals surface area contributed by atoms with E-state index in [1.165, 1.54) is 25.2 Å². The Labute approximate surface area is 187 Å². The average Bonchev–Trinajstić information content (AvgIpc) is 2.68. The Morgan fingerprint density at radius 3 is 2.32 bits per heavy atom. The van der Waals surface area contributed by atoms with Gasteiger partial charge in [0.2, 0.25) is 0 Å². The minimum absolute atomic E-state index is 0. The van der Waals surface area contributed by atoms with Crippen molar-refractivity contribution in [3.8, 4) is 0 Å². The molecule has 1 atom stereocenters. The second kappa shape index (κ2) is 14.1. The second-order valence-corrected chi connectivity index (χ2v) is 7.36. The monoisotopic (exact) mass is 505 g/mol. The van der Waals surface area contributed by atoms with E-state index < -0.39 is 0 Å². The second-order valence-electron chi connectivity index (χ2n) is 7.36. The first-order chi connectivity index (χ1) is 13.1. The van der Waals surface area contributed by atoms with E-state index in [4.69, 9.17) is 4.99 Å². The Kier molecular flexibility index (Phi) is 12.7. The molecule has 1 fully saturated rings.